The van der Waals surface area contributed by atoms with Crippen LogP contribution in [0.25, 0.3) is 0 Å². The van der Waals surface area contributed by atoms with E-state index in [1.807, 2.05) is 32.0 Å². The average molecular weight is 437 g/mol. The number of nitrogens with zero attached hydrogens (tertiary/aromatic N) is 1. The highest BCUT2D eigenvalue weighted by atomic mass is 35.5. The Balaban J connectivity index is 1.95. The first kappa shape index (κ1) is 21.5. The molecule has 0 aliphatic carbocycles. The first-order valence-corrected chi connectivity index (χ1v) is 11.2. The van der Waals surface area contributed by atoms with E-state index in [1.54, 1.807) is 18.2 Å². The summed E-state index contributed by atoms with van der Waals surface area (Å²) in [6.07, 6.45) is 0.826. The molecule has 0 radical (unpaired) electrons. The van der Waals surface area contributed by atoms with Gasteiger partial charge in [0.25, 0.3) is 0 Å². The molecular weight excluding hydrogens is 412 g/mol. The normalized spacial score (nSPS) is 20.9. The van der Waals surface area contributed by atoms with E-state index in [2.05, 4.69) is 5.32 Å². The third kappa shape index (κ3) is 3.69. The summed E-state index contributed by atoms with van der Waals surface area (Å²) in [6.45, 7) is 5.60. The molecule has 1 aliphatic rings. The number of methoxy groups -OCH3 is 1. The van der Waals surface area contributed by atoms with E-state index in [1.165, 1.54) is 18.3 Å². The molecule has 2 aromatic rings. The number of halogens is 1. The number of rotatable bonds is 4. The van der Waals surface area contributed by atoms with E-state index < -0.39 is 20.7 Å². The van der Waals surface area contributed by atoms with Crippen LogP contribution in [0.5, 0.6) is 5.75 Å². The van der Waals surface area contributed by atoms with Crippen LogP contribution in [0.1, 0.15) is 30.9 Å². The van der Waals surface area contributed by atoms with Crippen LogP contribution in [-0.2, 0) is 14.8 Å². The Morgan fingerprint density at radius 1 is 1.21 bits per heavy atom. The average Bonchev–Trinajstić information content (AvgIpc) is 2.65. The Morgan fingerprint density at radius 2 is 1.86 bits per heavy atom. The van der Waals surface area contributed by atoms with Gasteiger partial charge in [0.1, 0.15) is 5.75 Å². The van der Waals surface area contributed by atoms with Crippen molar-refractivity contribution in [2.75, 3.05) is 23.3 Å². The van der Waals surface area contributed by atoms with Crippen LogP contribution in [0.3, 0.4) is 0 Å². The van der Waals surface area contributed by atoms with Gasteiger partial charge in [-0.2, -0.15) is 0 Å². The lowest BCUT2D eigenvalue weighted by Crippen LogP contribution is -2.57. The molecule has 1 unspecified atom stereocenters. The van der Waals surface area contributed by atoms with Crippen LogP contribution in [0.2, 0.25) is 5.02 Å². The number of benzene rings is 2. The Hall–Kier alpha value is -2.25. The quantitative estimate of drug-likeness (QED) is 0.775. The maximum absolute atomic E-state index is 13.6. The molecule has 1 N–H and O–H groups in total. The minimum Gasteiger partial charge on any atom is -0.495 e. The SMILES string of the molecule is COc1ccc(NC(=O)C2(C)CCCN(c3c(C)cccc3C)S2(=O)=O)cc1Cl. The second-order valence-corrected chi connectivity index (χ2v) is 10.2. The van der Waals surface area contributed by atoms with Crippen molar-refractivity contribution in [1.82, 2.24) is 0 Å². The Bertz CT molecular complexity index is 1030. The zero-order chi connectivity index (χ0) is 21.4. The summed E-state index contributed by atoms with van der Waals surface area (Å²) in [7, 11) is -2.44. The summed E-state index contributed by atoms with van der Waals surface area (Å²) in [4.78, 5) is 13.1. The van der Waals surface area contributed by atoms with Crippen molar-refractivity contribution in [1.29, 1.82) is 0 Å². The fourth-order valence-corrected chi connectivity index (χ4v) is 6.05. The van der Waals surface area contributed by atoms with Crippen LogP contribution >= 0.6 is 11.6 Å². The Kier molecular flexibility index (Phi) is 5.83. The molecule has 0 bridgehead atoms. The predicted molar refractivity (Wildman–Crippen MR) is 116 cm³/mol. The van der Waals surface area contributed by atoms with Gasteiger partial charge in [0.2, 0.25) is 15.9 Å². The highest BCUT2D eigenvalue weighted by Crippen LogP contribution is 2.39. The number of para-hydroxylation sites is 1. The number of nitrogens with one attached hydrogen (secondary N) is 1. The maximum Gasteiger partial charge on any atom is 0.249 e. The van der Waals surface area contributed by atoms with Gasteiger partial charge in [0.15, 0.2) is 4.75 Å². The second-order valence-electron chi connectivity index (χ2n) is 7.46. The smallest absolute Gasteiger partial charge is 0.249 e. The summed E-state index contributed by atoms with van der Waals surface area (Å²) in [6, 6.07) is 10.4. The molecule has 1 heterocycles. The fourth-order valence-electron chi connectivity index (χ4n) is 3.72. The molecule has 8 heteroatoms. The lowest BCUT2D eigenvalue weighted by atomic mass is 10.0. The highest BCUT2D eigenvalue weighted by Gasteiger charge is 2.52. The van der Waals surface area contributed by atoms with Gasteiger partial charge in [-0.05, 0) is 62.9 Å². The van der Waals surface area contributed by atoms with Crippen LogP contribution in [0, 0.1) is 13.8 Å². The van der Waals surface area contributed by atoms with Gasteiger partial charge in [-0.25, -0.2) is 8.42 Å². The van der Waals surface area contributed by atoms with E-state index in [4.69, 9.17) is 16.3 Å². The molecule has 6 nitrogen and oxygen atoms in total. The number of carbonyl (C=O) groups is 1. The number of ether oxygens (including phenoxy) is 1. The van der Waals surface area contributed by atoms with Crippen molar-refractivity contribution in [3.63, 3.8) is 0 Å². The van der Waals surface area contributed by atoms with E-state index in [9.17, 15) is 13.2 Å². The molecule has 0 spiro atoms. The van der Waals surface area contributed by atoms with Gasteiger partial charge >= 0.3 is 0 Å². The number of carbonyl (C=O) groups excluding carboxylic acids is 1. The molecule has 1 saturated heterocycles. The fraction of sp³-hybridized carbons (Fsp3) is 0.381. The lowest BCUT2D eigenvalue weighted by Gasteiger charge is -2.40. The zero-order valence-electron chi connectivity index (χ0n) is 17.0. The maximum atomic E-state index is 13.6. The van der Waals surface area contributed by atoms with Crippen molar-refractivity contribution in [2.45, 2.75) is 38.4 Å². The number of anilines is 2. The zero-order valence-corrected chi connectivity index (χ0v) is 18.5. The van der Waals surface area contributed by atoms with Gasteiger partial charge in [0, 0.05) is 12.2 Å². The molecule has 1 amide bonds. The minimum atomic E-state index is -3.94. The Labute approximate surface area is 176 Å². The first-order valence-electron chi connectivity index (χ1n) is 9.35. The first-order chi connectivity index (χ1) is 13.6. The summed E-state index contributed by atoms with van der Waals surface area (Å²) in [5.74, 6) is -0.1000. The molecule has 1 fully saturated rings. The highest BCUT2D eigenvalue weighted by molar-refractivity contribution is 7.95. The molecule has 1 aliphatic heterocycles. The third-order valence-corrected chi connectivity index (χ3v) is 8.22. The molecular formula is C21H25ClN2O4S. The van der Waals surface area contributed by atoms with Gasteiger partial charge < -0.3 is 10.1 Å². The molecule has 0 saturated carbocycles. The standard InChI is InChI=1S/C21H25ClN2O4S/c1-14-7-5-8-15(2)19(14)24-12-6-11-21(3,29(24,26)27)20(25)23-16-9-10-18(28-4)17(22)13-16/h5,7-10,13H,6,11-12H2,1-4H3,(H,23,25). The number of aryl methyl sites for hydroxylation is 2. The van der Waals surface area contributed by atoms with Gasteiger partial charge in [-0.15, -0.1) is 0 Å². The molecule has 1 atom stereocenters. The van der Waals surface area contributed by atoms with Crippen molar-refractivity contribution in [2.24, 2.45) is 0 Å². The van der Waals surface area contributed by atoms with Crippen molar-refractivity contribution < 1.29 is 17.9 Å². The topological polar surface area (TPSA) is 75.7 Å². The van der Waals surface area contributed by atoms with Crippen LogP contribution in [0.4, 0.5) is 11.4 Å². The summed E-state index contributed by atoms with van der Waals surface area (Å²) < 4.78 is 32.0. The van der Waals surface area contributed by atoms with Gasteiger partial charge in [0.05, 0.1) is 17.8 Å². The summed E-state index contributed by atoms with van der Waals surface area (Å²) in [5, 5.41) is 3.05. The predicted octanol–water partition coefficient (Wildman–Crippen LogP) is 4.29. The van der Waals surface area contributed by atoms with E-state index in [0.717, 1.165) is 11.1 Å². The van der Waals surface area contributed by atoms with Crippen molar-refractivity contribution in [3.05, 3.63) is 52.5 Å². The number of hydrogen-bond donors (Lipinski definition) is 1. The minimum absolute atomic E-state index is 0.243. The monoisotopic (exact) mass is 436 g/mol. The van der Waals surface area contributed by atoms with Crippen LogP contribution in [0.15, 0.2) is 36.4 Å². The van der Waals surface area contributed by atoms with E-state index in [0.29, 0.717) is 35.1 Å². The lowest BCUT2D eigenvalue weighted by molar-refractivity contribution is -0.118. The Morgan fingerprint density at radius 3 is 2.45 bits per heavy atom. The molecule has 2 aromatic carbocycles. The van der Waals surface area contributed by atoms with Gasteiger partial charge in [-0.1, -0.05) is 29.8 Å². The third-order valence-electron chi connectivity index (χ3n) is 5.45. The largest absolute Gasteiger partial charge is 0.495 e. The van der Waals surface area contributed by atoms with Crippen LogP contribution in [-0.4, -0.2) is 32.7 Å². The number of sulfonamides is 1. The van der Waals surface area contributed by atoms with E-state index in [-0.39, 0.29) is 6.42 Å². The van der Waals surface area contributed by atoms with Gasteiger partial charge in [-0.3, -0.25) is 9.10 Å². The number of amides is 1. The molecule has 29 heavy (non-hydrogen) atoms. The van der Waals surface area contributed by atoms with E-state index >= 15 is 0 Å². The summed E-state index contributed by atoms with van der Waals surface area (Å²) >= 11 is 6.12. The van der Waals surface area contributed by atoms with Crippen molar-refractivity contribution in [3.8, 4) is 5.75 Å². The second kappa shape index (κ2) is 7.88. The number of hydrogen-bond acceptors (Lipinski definition) is 4. The summed E-state index contributed by atoms with van der Waals surface area (Å²) in [5.41, 5.74) is 2.79. The molecule has 0 aromatic heterocycles. The van der Waals surface area contributed by atoms with Crippen LogP contribution < -0.4 is 14.4 Å². The molecule has 3 rings (SSSR count). The molecule has 156 valence electrons. The van der Waals surface area contributed by atoms with Crippen molar-refractivity contribution >= 4 is 38.9 Å².